The maximum absolute atomic E-state index is 10.9. The van der Waals surface area contributed by atoms with Crippen molar-refractivity contribution >= 4 is 10.8 Å². The molecule has 0 aliphatic carbocycles. The maximum Gasteiger partial charge on any atom is 0.251 e. The van der Waals surface area contributed by atoms with Crippen molar-refractivity contribution in [1.82, 2.24) is 4.98 Å². The molecule has 14 heavy (non-hydrogen) atoms. The Morgan fingerprint density at radius 3 is 2.57 bits per heavy atom. The first kappa shape index (κ1) is 10.3. The van der Waals surface area contributed by atoms with Crippen molar-refractivity contribution in [2.45, 2.75) is 13.8 Å². The van der Waals surface area contributed by atoms with E-state index in [4.69, 9.17) is 0 Å². The molecular formula is C11H13NO2. The zero-order valence-electron chi connectivity index (χ0n) is 8.24. The summed E-state index contributed by atoms with van der Waals surface area (Å²) >= 11 is 0. The van der Waals surface area contributed by atoms with Gasteiger partial charge in [-0.2, -0.15) is 0 Å². The lowest BCUT2D eigenvalue weighted by Gasteiger charge is -1.97. The summed E-state index contributed by atoms with van der Waals surface area (Å²) in [6.07, 6.45) is 0. The predicted octanol–water partition coefficient (Wildman–Crippen LogP) is 2.26. The summed E-state index contributed by atoms with van der Waals surface area (Å²) < 4.78 is 0. The minimum Gasteiger partial charge on any atom is -0.494 e. The predicted molar refractivity (Wildman–Crippen MR) is 57.6 cm³/mol. The summed E-state index contributed by atoms with van der Waals surface area (Å²) in [4.78, 5) is 13.2. The van der Waals surface area contributed by atoms with Crippen LogP contribution in [0.15, 0.2) is 35.1 Å². The van der Waals surface area contributed by atoms with Crippen molar-refractivity contribution in [3.05, 3.63) is 40.7 Å². The van der Waals surface area contributed by atoms with Gasteiger partial charge in [-0.05, 0) is 11.5 Å². The lowest BCUT2D eigenvalue weighted by molar-refractivity contribution is 0.459. The molecule has 1 aromatic carbocycles. The fourth-order valence-electron chi connectivity index (χ4n) is 1.20. The van der Waals surface area contributed by atoms with Crippen LogP contribution in [0.1, 0.15) is 13.8 Å². The normalized spacial score (nSPS) is 9.29. The SMILES string of the molecule is CC.O=c1cc2ccccc2c(O)[nH]1. The average Bonchev–Trinajstić information content (AvgIpc) is 2.20. The molecule has 0 saturated carbocycles. The van der Waals surface area contributed by atoms with Crippen LogP contribution in [0.4, 0.5) is 0 Å². The smallest absolute Gasteiger partial charge is 0.251 e. The Labute approximate surface area is 82.0 Å². The molecule has 0 saturated heterocycles. The molecule has 2 N–H and O–H groups in total. The Kier molecular flexibility index (Phi) is 3.29. The molecule has 2 rings (SSSR count). The molecule has 0 fully saturated rings. The number of aromatic amines is 1. The fourth-order valence-corrected chi connectivity index (χ4v) is 1.20. The van der Waals surface area contributed by atoms with Crippen LogP contribution in [0.25, 0.3) is 10.8 Å². The number of fused-ring (bicyclic) bond motifs is 1. The van der Waals surface area contributed by atoms with Crippen LogP contribution in [0, 0.1) is 0 Å². The van der Waals surface area contributed by atoms with Crippen molar-refractivity contribution < 1.29 is 5.11 Å². The average molecular weight is 191 g/mol. The van der Waals surface area contributed by atoms with Gasteiger partial charge in [0.25, 0.3) is 5.56 Å². The monoisotopic (exact) mass is 191 g/mol. The zero-order chi connectivity index (χ0) is 10.6. The first-order valence-electron chi connectivity index (χ1n) is 4.58. The van der Waals surface area contributed by atoms with E-state index in [0.29, 0.717) is 5.39 Å². The van der Waals surface area contributed by atoms with Crippen LogP contribution >= 0.6 is 0 Å². The highest BCUT2D eigenvalue weighted by molar-refractivity contribution is 5.86. The molecule has 0 aliphatic rings. The van der Waals surface area contributed by atoms with Crippen LogP contribution in [0.5, 0.6) is 5.88 Å². The number of aromatic nitrogens is 1. The van der Waals surface area contributed by atoms with Gasteiger partial charge < -0.3 is 5.11 Å². The van der Waals surface area contributed by atoms with E-state index in [1.807, 2.05) is 19.9 Å². The van der Waals surface area contributed by atoms with Crippen molar-refractivity contribution in [3.8, 4) is 5.88 Å². The highest BCUT2D eigenvalue weighted by Gasteiger charge is 1.98. The molecule has 3 nitrogen and oxygen atoms in total. The second kappa shape index (κ2) is 4.46. The lowest BCUT2D eigenvalue weighted by Crippen LogP contribution is -2.02. The van der Waals surface area contributed by atoms with Gasteiger partial charge >= 0.3 is 0 Å². The van der Waals surface area contributed by atoms with Crippen molar-refractivity contribution in [2.24, 2.45) is 0 Å². The van der Waals surface area contributed by atoms with Gasteiger partial charge in [-0.15, -0.1) is 0 Å². The molecule has 1 aromatic heterocycles. The summed E-state index contributed by atoms with van der Waals surface area (Å²) in [5, 5.41) is 10.7. The van der Waals surface area contributed by atoms with Gasteiger partial charge in [0.05, 0.1) is 0 Å². The number of rotatable bonds is 0. The highest BCUT2D eigenvalue weighted by Crippen LogP contribution is 2.18. The number of pyridine rings is 1. The number of nitrogens with one attached hydrogen (secondary N) is 1. The van der Waals surface area contributed by atoms with Gasteiger partial charge in [0.15, 0.2) is 5.88 Å². The zero-order valence-corrected chi connectivity index (χ0v) is 8.24. The molecule has 2 aromatic rings. The number of hydrogen-bond donors (Lipinski definition) is 2. The van der Waals surface area contributed by atoms with Gasteiger partial charge in [0.2, 0.25) is 0 Å². The van der Waals surface area contributed by atoms with E-state index in [2.05, 4.69) is 4.98 Å². The number of hydrogen-bond acceptors (Lipinski definition) is 2. The molecular weight excluding hydrogens is 178 g/mol. The quantitative estimate of drug-likeness (QED) is 0.671. The second-order valence-corrected chi connectivity index (χ2v) is 2.57. The van der Waals surface area contributed by atoms with Gasteiger partial charge in [-0.3, -0.25) is 9.78 Å². The van der Waals surface area contributed by atoms with E-state index < -0.39 is 0 Å². The molecule has 1 heterocycles. The van der Waals surface area contributed by atoms with Crippen molar-refractivity contribution in [2.75, 3.05) is 0 Å². The van der Waals surface area contributed by atoms with Gasteiger partial charge in [0, 0.05) is 11.5 Å². The number of aromatic hydroxyl groups is 1. The molecule has 0 spiro atoms. The molecule has 0 radical (unpaired) electrons. The molecule has 0 bridgehead atoms. The summed E-state index contributed by atoms with van der Waals surface area (Å²) in [6, 6.07) is 8.61. The van der Waals surface area contributed by atoms with E-state index in [-0.39, 0.29) is 11.4 Å². The Bertz CT molecular complexity index is 474. The minimum absolute atomic E-state index is 0.0712. The Balaban J connectivity index is 0.000000461. The van der Waals surface area contributed by atoms with E-state index in [1.165, 1.54) is 6.07 Å². The van der Waals surface area contributed by atoms with Crippen LogP contribution in [0.2, 0.25) is 0 Å². The third kappa shape index (κ3) is 1.93. The standard InChI is InChI=1S/C9H7NO2.C2H6/c11-8-5-6-3-1-2-4-7(6)9(12)10-8;1-2/h1-5H,(H2,10,11,12);1-2H3. The van der Waals surface area contributed by atoms with Crippen LogP contribution in [0.3, 0.4) is 0 Å². The molecule has 0 unspecified atom stereocenters. The van der Waals surface area contributed by atoms with Crippen molar-refractivity contribution in [3.63, 3.8) is 0 Å². The van der Waals surface area contributed by atoms with Crippen LogP contribution < -0.4 is 5.56 Å². The van der Waals surface area contributed by atoms with E-state index in [0.717, 1.165) is 5.39 Å². The molecule has 3 heteroatoms. The Hall–Kier alpha value is -1.77. The largest absolute Gasteiger partial charge is 0.494 e. The fraction of sp³-hybridized carbons (Fsp3) is 0.182. The Morgan fingerprint density at radius 1 is 1.21 bits per heavy atom. The summed E-state index contributed by atoms with van der Waals surface area (Å²) in [5.74, 6) is -0.0712. The van der Waals surface area contributed by atoms with Gasteiger partial charge in [-0.25, -0.2) is 0 Å². The van der Waals surface area contributed by atoms with Crippen molar-refractivity contribution in [1.29, 1.82) is 0 Å². The number of H-pyrrole nitrogens is 1. The second-order valence-electron chi connectivity index (χ2n) is 2.57. The van der Waals surface area contributed by atoms with E-state index in [9.17, 15) is 9.90 Å². The summed E-state index contributed by atoms with van der Waals surface area (Å²) in [6.45, 7) is 4.00. The van der Waals surface area contributed by atoms with Gasteiger partial charge in [0.1, 0.15) is 0 Å². The molecule has 74 valence electrons. The van der Waals surface area contributed by atoms with E-state index >= 15 is 0 Å². The molecule has 0 atom stereocenters. The van der Waals surface area contributed by atoms with E-state index in [1.54, 1.807) is 18.2 Å². The topological polar surface area (TPSA) is 53.1 Å². The van der Waals surface area contributed by atoms with Crippen LogP contribution in [-0.4, -0.2) is 10.1 Å². The minimum atomic E-state index is -0.286. The third-order valence-corrected chi connectivity index (χ3v) is 1.74. The van der Waals surface area contributed by atoms with Crippen LogP contribution in [-0.2, 0) is 0 Å². The summed E-state index contributed by atoms with van der Waals surface area (Å²) in [5.41, 5.74) is -0.286. The first-order chi connectivity index (χ1) is 6.77. The third-order valence-electron chi connectivity index (χ3n) is 1.74. The molecule has 0 amide bonds. The Morgan fingerprint density at radius 2 is 1.86 bits per heavy atom. The summed E-state index contributed by atoms with van der Waals surface area (Å²) in [7, 11) is 0. The lowest BCUT2D eigenvalue weighted by atomic mass is 10.2. The maximum atomic E-state index is 10.9. The van der Waals surface area contributed by atoms with Gasteiger partial charge in [-0.1, -0.05) is 32.0 Å². The first-order valence-corrected chi connectivity index (χ1v) is 4.58. The highest BCUT2D eigenvalue weighted by atomic mass is 16.3. The number of benzene rings is 1. The molecule has 0 aliphatic heterocycles.